The van der Waals surface area contributed by atoms with Crippen LogP contribution in [-0.4, -0.2) is 34.2 Å². The predicted molar refractivity (Wildman–Crippen MR) is 81.4 cm³/mol. The van der Waals surface area contributed by atoms with E-state index in [1.54, 1.807) is 0 Å². The van der Waals surface area contributed by atoms with Crippen molar-refractivity contribution in [3.8, 4) is 0 Å². The zero-order valence-corrected chi connectivity index (χ0v) is 13.3. The number of esters is 1. The molecular formula is C14H22N2O7. The molecule has 2 amide bonds. The molecule has 1 aliphatic carbocycles. The van der Waals surface area contributed by atoms with Crippen LogP contribution in [0.1, 0.15) is 33.6 Å². The van der Waals surface area contributed by atoms with Crippen LogP contribution < -0.4 is 11.5 Å². The van der Waals surface area contributed by atoms with Crippen molar-refractivity contribution in [1.29, 1.82) is 0 Å². The second-order valence-electron chi connectivity index (χ2n) is 5.35. The number of primary amides is 2. The Kier molecular flexibility index (Phi) is 9.74. The van der Waals surface area contributed by atoms with Gasteiger partial charge in [-0.25, -0.2) is 14.4 Å². The summed E-state index contributed by atoms with van der Waals surface area (Å²) in [5.74, 6) is -0.462. The van der Waals surface area contributed by atoms with Gasteiger partial charge in [-0.3, -0.25) is 4.79 Å². The molecule has 0 aromatic carbocycles. The standard InChI is InChI=1S/C12H16O3.2CH3NO2/c1-5-10(14)15-11-8(2)6-12(3,4)7-9(11)13;2*2-1(3)4/h5H,1,6-7H2,2-4H3;2*2H2,(H,3,4). The number of amides is 2. The van der Waals surface area contributed by atoms with Gasteiger partial charge in [-0.2, -0.15) is 0 Å². The molecule has 0 bridgehead atoms. The molecule has 9 heteroatoms. The molecule has 0 aliphatic heterocycles. The van der Waals surface area contributed by atoms with Crippen molar-refractivity contribution in [2.45, 2.75) is 33.6 Å². The van der Waals surface area contributed by atoms with Crippen molar-refractivity contribution in [3.63, 3.8) is 0 Å². The smallest absolute Gasteiger partial charge is 0.402 e. The van der Waals surface area contributed by atoms with Gasteiger partial charge in [0, 0.05) is 12.5 Å². The van der Waals surface area contributed by atoms with E-state index in [9.17, 15) is 9.59 Å². The molecule has 130 valence electrons. The van der Waals surface area contributed by atoms with E-state index in [1.165, 1.54) is 0 Å². The van der Waals surface area contributed by atoms with E-state index >= 15 is 0 Å². The molecule has 0 saturated heterocycles. The Bertz CT molecular complexity index is 501. The predicted octanol–water partition coefficient (Wildman–Crippen LogP) is 1.62. The van der Waals surface area contributed by atoms with E-state index in [0.29, 0.717) is 6.42 Å². The molecule has 0 heterocycles. The summed E-state index contributed by atoms with van der Waals surface area (Å²) in [7, 11) is 0. The van der Waals surface area contributed by atoms with Gasteiger partial charge >= 0.3 is 18.2 Å². The highest BCUT2D eigenvalue weighted by atomic mass is 16.5. The summed E-state index contributed by atoms with van der Waals surface area (Å²) in [6.45, 7) is 9.18. The fraction of sp³-hybridized carbons (Fsp3) is 0.429. The van der Waals surface area contributed by atoms with Gasteiger partial charge in [0.05, 0.1) is 0 Å². The molecule has 0 aromatic heterocycles. The SMILES string of the molecule is C=CC(=O)OC1=C(C)CC(C)(C)CC1=O.NC(=O)O.NC(=O)O. The summed E-state index contributed by atoms with van der Waals surface area (Å²) in [6.07, 6.45) is -0.407. The minimum absolute atomic E-state index is 0.0365. The zero-order valence-electron chi connectivity index (χ0n) is 13.3. The minimum atomic E-state index is -1.33. The second-order valence-corrected chi connectivity index (χ2v) is 5.35. The lowest BCUT2D eigenvalue weighted by molar-refractivity contribution is -0.138. The van der Waals surface area contributed by atoms with Gasteiger partial charge < -0.3 is 26.4 Å². The van der Waals surface area contributed by atoms with E-state index in [-0.39, 0.29) is 17.0 Å². The summed E-state index contributed by atoms with van der Waals surface area (Å²) in [5.41, 5.74) is 8.86. The molecule has 0 aromatic rings. The number of hydrogen-bond acceptors (Lipinski definition) is 5. The summed E-state index contributed by atoms with van der Waals surface area (Å²) >= 11 is 0. The molecule has 0 saturated carbocycles. The average Bonchev–Trinajstić information content (AvgIpc) is 2.30. The number of Topliss-reactive ketones (excluding diaryl/α,β-unsaturated/α-hetero) is 1. The molecule has 0 atom stereocenters. The van der Waals surface area contributed by atoms with Crippen LogP contribution in [0.3, 0.4) is 0 Å². The van der Waals surface area contributed by atoms with E-state index in [0.717, 1.165) is 18.1 Å². The van der Waals surface area contributed by atoms with E-state index in [2.05, 4.69) is 18.0 Å². The van der Waals surface area contributed by atoms with Crippen LogP contribution in [0.25, 0.3) is 0 Å². The highest BCUT2D eigenvalue weighted by molar-refractivity contribution is 5.98. The van der Waals surface area contributed by atoms with Crippen LogP contribution >= 0.6 is 0 Å². The van der Waals surface area contributed by atoms with E-state index in [4.69, 9.17) is 24.5 Å². The van der Waals surface area contributed by atoms with Crippen LogP contribution in [0.4, 0.5) is 9.59 Å². The minimum Gasteiger partial charge on any atom is -0.465 e. The summed E-state index contributed by atoms with van der Waals surface area (Å²) in [6, 6.07) is 0. The van der Waals surface area contributed by atoms with Crippen LogP contribution in [-0.2, 0) is 14.3 Å². The lowest BCUT2D eigenvalue weighted by atomic mass is 9.76. The average molecular weight is 330 g/mol. The summed E-state index contributed by atoms with van der Waals surface area (Å²) < 4.78 is 4.93. The van der Waals surface area contributed by atoms with Crippen molar-refractivity contribution >= 4 is 23.9 Å². The molecule has 0 spiro atoms. The first-order valence-corrected chi connectivity index (χ1v) is 6.36. The molecule has 1 rings (SSSR count). The highest BCUT2D eigenvalue weighted by Crippen LogP contribution is 2.36. The second kappa shape index (κ2) is 9.98. The fourth-order valence-corrected chi connectivity index (χ4v) is 1.90. The number of ketones is 1. The van der Waals surface area contributed by atoms with Crippen LogP contribution in [0.15, 0.2) is 24.0 Å². The van der Waals surface area contributed by atoms with E-state index < -0.39 is 18.2 Å². The monoisotopic (exact) mass is 330 g/mol. The maximum absolute atomic E-state index is 11.7. The van der Waals surface area contributed by atoms with Gasteiger partial charge in [0.15, 0.2) is 11.5 Å². The van der Waals surface area contributed by atoms with Gasteiger partial charge in [-0.05, 0) is 24.3 Å². The zero-order chi connectivity index (χ0) is 18.8. The van der Waals surface area contributed by atoms with Gasteiger partial charge in [-0.1, -0.05) is 20.4 Å². The normalized spacial score (nSPS) is 15.2. The number of carbonyl (C=O) groups is 4. The van der Waals surface area contributed by atoms with Crippen molar-refractivity contribution in [2.75, 3.05) is 0 Å². The third kappa shape index (κ3) is 12.6. The Hall–Kier alpha value is -2.84. The molecule has 0 fully saturated rings. The van der Waals surface area contributed by atoms with E-state index in [1.807, 2.05) is 20.8 Å². The molecule has 6 N–H and O–H groups in total. The molecule has 1 aliphatic rings. The molecular weight excluding hydrogens is 308 g/mol. The Morgan fingerprint density at radius 1 is 1.17 bits per heavy atom. The first kappa shape index (κ1) is 22.4. The third-order valence-electron chi connectivity index (χ3n) is 2.39. The third-order valence-corrected chi connectivity index (χ3v) is 2.39. The lowest BCUT2D eigenvalue weighted by Gasteiger charge is -2.29. The van der Waals surface area contributed by atoms with Crippen molar-refractivity contribution < 1.29 is 34.1 Å². The Balaban J connectivity index is 0. The quantitative estimate of drug-likeness (QED) is 0.440. The number of hydrogen-bond donors (Lipinski definition) is 4. The highest BCUT2D eigenvalue weighted by Gasteiger charge is 2.32. The number of carboxylic acid groups (broad SMARTS) is 2. The number of carbonyl (C=O) groups excluding carboxylic acids is 2. The first-order chi connectivity index (χ1) is 10.3. The molecule has 9 nitrogen and oxygen atoms in total. The van der Waals surface area contributed by atoms with Gasteiger partial charge in [0.2, 0.25) is 0 Å². The van der Waals surface area contributed by atoms with Gasteiger partial charge in [-0.15, -0.1) is 0 Å². The van der Waals surface area contributed by atoms with Crippen LogP contribution in [0.5, 0.6) is 0 Å². The van der Waals surface area contributed by atoms with Crippen molar-refractivity contribution in [3.05, 3.63) is 24.0 Å². The Morgan fingerprint density at radius 3 is 1.87 bits per heavy atom. The number of rotatable bonds is 2. The number of allylic oxidation sites excluding steroid dienone is 2. The van der Waals surface area contributed by atoms with Crippen molar-refractivity contribution in [2.24, 2.45) is 16.9 Å². The molecule has 0 unspecified atom stereocenters. The molecule has 23 heavy (non-hydrogen) atoms. The van der Waals surface area contributed by atoms with Gasteiger partial charge in [0.25, 0.3) is 0 Å². The maximum atomic E-state index is 11.7. The molecule has 0 radical (unpaired) electrons. The fourth-order valence-electron chi connectivity index (χ4n) is 1.90. The summed E-state index contributed by atoms with van der Waals surface area (Å²) in [4.78, 5) is 40.3. The topological polar surface area (TPSA) is 170 Å². The van der Waals surface area contributed by atoms with Crippen molar-refractivity contribution in [1.82, 2.24) is 0 Å². The number of ether oxygens (including phenoxy) is 1. The Morgan fingerprint density at radius 2 is 1.57 bits per heavy atom. The van der Waals surface area contributed by atoms with Crippen LogP contribution in [0, 0.1) is 5.41 Å². The van der Waals surface area contributed by atoms with Crippen LogP contribution in [0.2, 0.25) is 0 Å². The Labute approximate surface area is 133 Å². The summed E-state index contributed by atoms with van der Waals surface area (Å²) in [5, 5.41) is 14.4. The number of nitrogens with two attached hydrogens (primary N) is 2. The first-order valence-electron chi connectivity index (χ1n) is 6.36. The van der Waals surface area contributed by atoms with Gasteiger partial charge in [0.1, 0.15) is 0 Å². The largest absolute Gasteiger partial charge is 0.465 e. The lowest BCUT2D eigenvalue weighted by Crippen LogP contribution is -2.27. The maximum Gasteiger partial charge on any atom is 0.402 e.